The van der Waals surface area contributed by atoms with Gasteiger partial charge in [-0.15, -0.1) is 0 Å². The molecule has 0 fully saturated rings. The molecule has 0 saturated carbocycles. The average Bonchev–Trinajstić information content (AvgIpc) is 3.83. The van der Waals surface area contributed by atoms with Crippen LogP contribution in [0.2, 0.25) is 0 Å². The lowest BCUT2D eigenvalue weighted by Crippen LogP contribution is -2.26. The second-order valence-electron chi connectivity index (χ2n) is 16.8. The van der Waals surface area contributed by atoms with Gasteiger partial charge in [-0.2, -0.15) is 0 Å². The SMILES string of the molecule is c1ccc(-c2cccc(-c3cccc(N(c4ccccc4-c4ccccc4)c4cccc5c4Oc4cc6c(cc4O5)-c4ccccc4C64c5ccccc5-c5ccccc54)c3)c2)cc1. The van der Waals surface area contributed by atoms with Crippen LogP contribution in [0.15, 0.2) is 237 Å². The molecule has 1 heterocycles. The molecule has 10 aromatic carbocycles. The summed E-state index contributed by atoms with van der Waals surface area (Å²) in [6.07, 6.45) is 0. The topological polar surface area (TPSA) is 21.7 Å². The van der Waals surface area contributed by atoms with Crippen LogP contribution in [-0.2, 0) is 5.41 Å². The molecule has 0 N–H and O–H groups in total. The Morgan fingerprint density at radius 2 is 0.766 bits per heavy atom. The van der Waals surface area contributed by atoms with Crippen molar-refractivity contribution in [1.29, 1.82) is 0 Å². The van der Waals surface area contributed by atoms with Crippen molar-refractivity contribution in [2.24, 2.45) is 0 Å². The van der Waals surface area contributed by atoms with Crippen LogP contribution < -0.4 is 14.4 Å². The fourth-order valence-corrected chi connectivity index (χ4v) is 10.6. The van der Waals surface area contributed by atoms with Gasteiger partial charge in [-0.05, 0) is 121 Å². The minimum absolute atomic E-state index is 0.504. The number of para-hydroxylation sites is 2. The number of anilines is 3. The molecule has 0 bridgehead atoms. The highest BCUT2D eigenvalue weighted by Crippen LogP contribution is 2.65. The highest BCUT2D eigenvalue weighted by atomic mass is 16.6. The van der Waals surface area contributed by atoms with Gasteiger partial charge in [0.1, 0.15) is 0 Å². The van der Waals surface area contributed by atoms with E-state index in [1.54, 1.807) is 0 Å². The molecule has 0 saturated heterocycles. The maximum Gasteiger partial charge on any atom is 0.194 e. The van der Waals surface area contributed by atoms with Gasteiger partial charge < -0.3 is 14.4 Å². The zero-order valence-electron chi connectivity index (χ0n) is 34.8. The smallest absolute Gasteiger partial charge is 0.194 e. The Hall–Kier alpha value is -8.40. The number of hydrogen-bond donors (Lipinski definition) is 0. The molecule has 0 radical (unpaired) electrons. The Labute approximate surface area is 372 Å². The number of benzene rings is 10. The zero-order chi connectivity index (χ0) is 42.2. The first-order chi connectivity index (χ1) is 31.7. The summed E-state index contributed by atoms with van der Waals surface area (Å²) >= 11 is 0. The second kappa shape index (κ2) is 14.3. The molecule has 1 aliphatic heterocycles. The first kappa shape index (κ1) is 36.3. The molecule has 3 heteroatoms. The number of rotatable bonds is 6. The highest BCUT2D eigenvalue weighted by molar-refractivity contribution is 5.97. The minimum atomic E-state index is -0.504. The second-order valence-corrected chi connectivity index (χ2v) is 16.8. The Kier molecular flexibility index (Phi) is 8.13. The Bertz CT molecular complexity index is 3420. The van der Waals surface area contributed by atoms with Crippen molar-refractivity contribution in [2.45, 2.75) is 5.41 Å². The molecule has 0 amide bonds. The molecule has 0 unspecified atom stereocenters. The quantitative estimate of drug-likeness (QED) is 0.167. The third kappa shape index (κ3) is 5.41. The van der Waals surface area contributed by atoms with E-state index in [-0.39, 0.29) is 0 Å². The van der Waals surface area contributed by atoms with E-state index in [1.165, 1.54) is 50.1 Å². The van der Waals surface area contributed by atoms with E-state index >= 15 is 0 Å². The van der Waals surface area contributed by atoms with Gasteiger partial charge >= 0.3 is 0 Å². The van der Waals surface area contributed by atoms with Crippen LogP contribution in [0.25, 0.3) is 55.6 Å². The molecule has 0 atom stereocenters. The maximum absolute atomic E-state index is 7.29. The van der Waals surface area contributed by atoms with Crippen LogP contribution in [0.1, 0.15) is 22.3 Å². The largest absolute Gasteiger partial charge is 0.449 e. The summed E-state index contributed by atoms with van der Waals surface area (Å²) in [7, 11) is 0. The lowest BCUT2D eigenvalue weighted by atomic mass is 9.70. The molecule has 2 aliphatic carbocycles. The summed E-state index contributed by atoms with van der Waals surface area (Å²) in [6, 6.07) is 84.7. The van der Waals surface area contributed by atoms with E-state index in [9.17, 15) is 0 Å². The van der Waals surface area contributed by atoms with Gasteiger partial charge in [-0.1, -0.05) is 188 Å². The summed E-state index contributed by atoms with van der Waals surface area (Å²) < 4.78 is 14.3. The highest BCUT2D eigenvalue weighted by Gasteiger charge is 2.52. The lowest BCUT2D eigenvalue weighted by Gasteiger charge is -2.33. The van der Waals surface area contributed by atoms with E-state index in [0.29, 0.717) is 23.0 Å². The van der Waals surface area contributed by atoms with E-state index in [2.05, 4.69) is 235 Å². The van der Waals surface area contributed by atoms with Crippen LogP contribution in [-0.4, -0.2) is 0 Å². The fourth-order valence-electron chi connectivity index (χ4n) is 10.6. The molecule has 3 nitrogen and oxygen atoms in total. The number of fused-ring (bicyclic) bond motifs is 12. The van der Waals surface area contributed by atoms with Crippen molar-refractivity contribution in [2.75, 3.05) is 4.90 Å². The van der Waals surface area contributed by atoms with Gasteiger partial charge in [0, 0.05) is 11.3 Å². The first-order valence-electron chi connectivity index (χ1n) is 21.9. The monoisotopic (exact) mass is 817 g/mol. The summed E-state index contributed by atoms with van der Waals surface area (Å²) in [6.45, 7) is 0. The van der Waals surface area contributed by atoms with E-state index < -0.39 is 5.41 Å². The van der Waals surface area contributed by atoms with Crippen molar-refractivity contribution < 1.29 is 9.47 Å². The van der Waals surface area contributed by atoms with Crippen molar-refractivity contribution >= 4 is 17.1 Å². The van der Waals surface area contributed by atoms with Gasteiger partial charge in [0.2, 0.25) is 0 Å². The summed E-state index contributed by atoms with van der Waals surface area (Å²) in [5, 5.41) is 0. The lowest BCUT2D eigenvalue weighted by molar-refractivity contribution is 0.360. The van der Waals surface area contributed by atoms with Crippen LogP contribution in [0.3, 0.4) is 0 Å². The molecule has 300 valence electrons. The van der Waals surface area contributed by atoms with Crippen molar-refractivity contribution in [1.82, 2.24) is 0 Å². The van der Waals surface area contributed by atoms with Crippen LogP contribution in [0, 0.1) is 0 Å². The van der Waals surface area contributed by atoms with Gasteiger partial charge in [0.05, 0.1) is 16.8 Å². The summed E-state index contributed by atoms with van der Waals surface area (Å²) in [5.74, 6) is 2.71. The van der Waals surface area contributed by atoms with Crippen LogP contribution >= 0.6 is 0 Å². The van der Waals surface area contributed by atoms with Crippen molar-refractivity contribution in [3.63, 3.8) is 0 Å². The molecule has 64 heavy (non-hydrogen) atoms. The van der Waals surface area contributed by atoms with E-state index in [1.807, 2.05) is 6.07 Å². The van der Waals surface area contributed by atoms with Crippen LogP contribution in [0.4, 0.5) is 17.1 Å². The fraction of sp³-hybridized carbons (Fsp3) is 0.0164. The normalized spacial score (nSPS) is 13.1. The molecule has 0 aromatic heterocycles. The van der Waals surface area contributed by atoms with E-state index in [0.717, 1.165) is 44.9 Å². The van der Waals surface area contributed by atoms with E-state index in [4.69, 9.17) is 9.47 Å². The number of nitrogens with zero attached hydrogens (tertiary/aromatic N) is 1. The minimum Gasteiger partial charge on any atom is -0.449 e. The molecule has 3 aliphatic rings. The Morgan fingerprint density at radius 3 is 1.45 bits per heavy atom. The predicted molar refractivity (Wildman–Crippen MR) is 260 cm³/mol. The third-order valence-corrected chi connectivity index (χ3v) is 13.3. The third-order valence-electron chi connectivity index (χ3n) is 13.3. The zero-order valence-corrected chi connectivity index (χ0v) is 34.8. The molecule has 1 spiro atoms. The maximum atomic E-state index is 7.29. The van der Waals surface area contributed by atoms with Gasteiger partial charge in [0.25, 0.3) is 0 Å². The van der Waals surface area contributed by atoms with Crippen molar-refractivity contribution in [3.8, 4) is 78.6 Å². The van der Waals surface area contributed by atoms with Gasteiger partial charge in [-0.25, -0.2) is 0 Å². The van der Waals surface area contributed by atoms with Gasteiger partial charge in [-0.3, -0.25) is 0 Å². The first-order valence-corrected chi connectivity index (χ1v) is 21.9. The van der Waals surface area contributed by atoms with Crippen LogP contribution in [0.5, 0.6) is 23.0 Å². The molecule has 10 aromatic rings. The Morgan fingerprint density at radius 1 is 0.281 bits per heavy atom. The standard InChI is InChI=1S/C61H39NO2/c1-3-18-40(19-4-1)42-22-15-23-43(36-42)44-24-16-25-45(37-44)62(55-33-14-10-26-46(55)41-20-5-2-6-21-41)56-34-17-35-57-60(56)64-59-39-54-50(38-58(59)63-57)49-29-9-13-32-53(49)61(54)51-30-11-7-27-47(51)48-28-8-12-31-52(48)61/h1-39H. The number of ether oxygens (including phenoxy) is 2. The molecular formula is C61H39NO2. The average molecular weight is 818 g/mol. The Balaban J connectivity index is 0.990. The summed E-state index contributed by atoms with van der Waals surface area (Å²) in [4.78, 5) is 2.33. The number of hydrogen-bond acceptors (Lipinski definition) is 3. The van der Waals surface area contributed by atoms with Crippen molar-refractivity contribution in [3.05, 3.63) is 259 Å². The van der Waals surface area contributed by atoms with Gasteiger partial charge in [0.15, 0.2) is 23.0 Å². The predicted octanol–water partition coefficient (Wildman–Crippen LogP) is 16.4. The summed E-state index contributed by atoms with van der Waals surface area (Å²) in [5.41, 5.74) is 19.2. The molecule has 13 rings (SSSR count). The molecular weight excluding hydrogens is 779 g/mol.